The van der Waals surface area contributed by atoms with Crippen molar-refractivity contribution >= 4 is 27.3 Å². The Morgan fingerprint density at radius 3 is 2.89 bits per heavy atom. The van der Waals surface area contributed by atoms with E-state index < -0.39 is 10.0 Å². The van der Waals surface area contributed by atoms with Crippen LogP contribution >= 0.6 is 11.3 Å². The number of thiophene rings is 1. The van der Waals surface area contributed by atoms with Crippen LogP contribution in [0.15, 0.2) is 28.7 Å². The zero-order chi connectivity index (χ0) is 13.7. The number of aromatic nitrogens is 3. The van der Waals surface area contributed by atoms with Gasteiger partial charge in [0.05, 0.1) is 12.4 Å². The van der Waals surface area contributed by atoms with Crippen molar-refractivity contribution in [1.82, 2.24) is 20.5 Å². The smallest absolute Gasteiger partial charge is 0.265 e. The summed E-state index contributed by atoms with van der Waals surface area (Å²) in [5, 5.41) is 12.0. The van der Waals surface area contributed by atoms with Crippen LogP contribution in [0.4, 0.5) is 5.95 Å². The maximum Gasteiger partial charge on any atom is 0.265 e. The highest BCUT2D eigenvalue weighted by molar-refractivity contribution is 7.92. The first kappa shape index (κ1) is 13.8. The summed E-state index contributed by atoms with van der Waals surface area (Å²) in [5.74, 6) is -0.0388. The van der Waals surface area contributed by atoms with Gasteiger partial charge in [0.25, 0.3) is 16.0 Å². The number of hydrogen-bond donors (Lipinski definition) is 2. The van der Waals surface area contributed by atoms with Gasteiger partial charge >= 0.3 is 0 Å². The molecule has 0 fully saturated rings. The van der Waals surface area contributed by atoms with E-state index >= 15 is 0 Å². The Balaban J connectivity index is 2.22. The molecule has 9 heteroatoms. The lowest BCUT2D eigenvalue weighted by Gasteiger charge is -2.07. The standard InChI is InChI=1S/C10H13N5O2S2/c1-2-11-7-8-9(3-6-18-8)19(16,17)15-10-12-4-5-13-14-10/h3-6,11H,2,7H2,1H3,(H,12,14,15). The number of nitrogens with one attached hydrogen (secondary N) is 2. The third-order valence-corrected chi connectivity index (χ3v) is 4.70. The lowest BCUT2D eigenvalue weighted by molar-refractivity contribution is 0.599. The molecule has 0 aliphatic heterocycles. The van der Waals surface area contributed by atoms with Crippen LogP contribution in [0, 0.1) is 0 Å². The molecule has 2 rings (SSSR count). The van der Waals surface area contributed by atoms with Gasteiger partial charge in [0.2, 0.25) is 0 Å². The molecule has 0 bridgehead atoms. The quantitative estimate of drug-likeness (QED) is 0.820. The molecule has 0 aromatic carbocycles. The van der Waals surface area contributed by atoms with Crippen LogP contribution in [-0.4, -0.2) is 30.1 Å². The Kier molecular flexibility index (Phi) is 4.40. The molecule has 0 amide bonds. The molecule has 2 aromatic heterocycles. The molecule has 0 unspecified atom stereocenters. The van der Waals surface area contributed by atoms with Crippen molar-refractivity contribution in [3.05, 3.63) is 28.7 Å². The fourth-order valence-corrected chi connectivity index (χ4v) is 3.77. The maximum absolute atomic E-state index is 12.2. The summed E-state index contributed by atoms with van der Waals surface area (Å²) in [6.45, 7) is 3.25. The second-order valence-electron chi connectivity index (χ2n) is 3.56. The van der Waals surface area contributed by atoms with E-state index in [2.05, 4.69) is 25.2 Å². The Labute approximate surface area is 115 Å². The summed E-state index contributed by atoms with van der Waals surface area (Å²) in [7, 11) is -3.68. The SMILES string of the molecule is CCNCc1sccc1S(=O)(=O)Nc1nccnn1. The number of hydrogen-bond acceptors (Lipinski definition) is 7. The summed E-state index contributed by atoms with van der Waals surface area (Å²) in [4.78, 5) is 4.78. The normalized spacial score (nSPS) is 11.4. The summed E-state index contributed by atoms with van der Waals surface area (Å²) in [5.41, 5.74) is 0. The zero-order valence-electron chi connectivity index (χ0n) is 10.2. The van der Waals surface area contributed by atoms with E-state index in [-0.39, 0.29) is 10.8 Å². The van der Waals surface area contributed by atoms with Gasteiger partial charge in [-0.15, -0.1) is 16.4 Å². The van der Waals surface area contributed by atoms with Gasteiger partial charge in [-0.1, -0.05) is 6.92 Å². The van der Waals surface area contributed by atoms with Crippen molar-refractivity contribution in [2.75, 3.05) is 11.3 Å². The van der Waals surface area contributed by atoms with E-state index in [4.69, 9.17) is 0 Å². The number of nitrogens with zero attached hydrogens (tertiary/aromatic N) is 3. The highest BCUT2D eigenvalue weighted by Gasteiger charge is 2.20. The second kappa shape index (κ2) is 6.04. The summed E-state index contributed by atoms with van der Waals surface area (Å²) >= 11 is 1.39. The third-order valence-electron chi connectivity index (χ3n) is 2.24. The highest BCUT2D eigenvalue weighted by Crippen LogP contribution is 2.23. The van der Waals surface area contributed by atoms with Crippen LogP contribution in [0.3, 0.4) is 0 Å². The van der Waals surface area contributed by atoms with Crippen molar-refractivity contribution < 1.29 is 8.42 Å². The third kappa shape index (κ3) is 3.46. The van der Waals surface area contributed by atoms with Gasteiger partial charge < -0.3 is 5.32 Å². The van der Waals surface area contributed by atoms with Gasteiger partial charge in [0, 0.05) is 11.4 Å². The van der Waals surface area contributed by atoms with Crippen molar-refractivity contribution in [3.8, 4) is 0 Å². The van der Waals surface area contributed by atoms with Crippen molar-refractivity contribution in [2.24, 2.45) is 0 Å². The average molecular weight is 299 g/mol. The van der Waals surface area contributed by atoms with Crippen LogP contribution < -0.4 is 10.0 Å². The van der Waals surface area contributed by atoms with Crippen LogP contribution in [-0.2, 0) is 16.6 Å². The minimum atomic E-state index is -3.68. The van der Waals surface area contributed by atoms with E-state index in [0.29, 0.717) is 6.54 Å². The fourth-order valence-electron chi connectivity index (χ4n) is 1.41. The van der Waals surface area contributed by atoms with Gasteiger partial charge in [-0.3, -0.25) is 0 Å². The first-order chi connectivity index (χ1) is 9.13. The van der Waals surface area contributed by atoms with Gasteiger partial charge in [-0.2, -0.15) is 5.10 Å². The monoisotopic (exact) mass is 299 g/mol. The second-order valence-corrected chi connectivity index (χ2v) is 6.21. The van der Waals surface area contributed by atoms with Crippen LogP contribution in [0.5, 0.6) is 0 Å². The van der Waals surface area contributed by atoms with Crippen molar-refractivity contribution in [1.29, 1.82) is 0 Å². The van der Waals surface area contributed by atoms with Crippen LogP contribution in [0.25, 0.3) is 0 Å². The maximum atomic E-state index is 12.2. The highest BCUT2D eigenvalue weighted by atomic mass is 32.2. The Hall–Kier alpha value is -1.58. The Morgan fingerprint density at radius 2 is 2.21 bits per heavy atom. The molecule has 0 saturated carbocycles. The number of anilines is 1. The predicted molar refractivity (Wildman–Crippen MR) is 72.3 cm³/mol. The Bertz CT molecular complexity index is 626. The summed E-state index contributed by atoms with van der Waals surface area (Å²) < 4.78 is 26.7. The molecular formula is C10H13N5O2S2. The molecule has 0 aliphatic rings. The van der Waals surface area contributed by atoms with E-state index in [1.54, 1.807) is 11.4 Å². The molecule has 0 atom stereocenters. The van der Waals surface area contributed by atoms with Gasteiger partial charge in [0.1, 0.15) is 4.90 Å². The lowest BCUT2D eigenvalue weighted by atomic mass is 10.4. The van der Waals surface area contributed by atoms with Crippen molar-refractivity contribution in [2.45, 2.75) is 18.4 Å². The van der Waals surface area contributed by atoms with Gasteiger partial charge in [0.15, 0.2) is 0 Å². The molecule has 0 radical (unpaired) electrons. The molecule has 0 spiro atoms. The molecule has 19 heavy (non-hydrogen) atoms. The first-order valence-corrected chi connectivity index (χ1v) is 7.93. The topological polar surface area (TPSA) is 96.9 Å². The molecule has 0 aliphatic carbocycles. The summed E-state index contributed by atoms with van der Waals surface area (Å²) in [6, 6.07) is 1.57. The molecule has 2 N–H and O–H groups in total. The predicted octanol–water partition coefficient (Wildman–Crippen LogP) is 0.843. The number of sulfonamides is 1. The van der Waals surface area contributed by atoms with Crippen molar-refractivity contribution in [3.63, 3.8) is 0 Å². The van der Waals surface area contributed by atoms with Crippen LogP contribution in [0.1, 0.15) is 11.8 Å². The number of rotatable bonds is 6. The molecule has 0 saturated heterocycles. The average Bonchev–Trinajstić information content (AvgIpc) is 2.86. The van der Waals surface area contributed by atoms with E-state index in [1.165, 1.54) is 23.7 Å². The van der Waals surface area contributed by atoms with E-state index in [0.717, 1.165) is 11.4 Å². The Morgan fingerprint density at radius 1 is 1.37 bits per heavy atom. The van der Waals surface area contributed by atoms with E-state index in [9.17, 15) is 8.42 Å². The zero-order valence-corrected chi connectivity index (χ0v) is 11.8. The minimum absolute atomic E-state index is 0.0388. The largest absolute Gasteiger partial charge is 0.312 e. The van der Waals surface area contributed by atoms with Gasteiger partial charge in [-0.05, 0) is 18.0 Å². The minimum Gasteiger partial charge on any atom is -0.312 e. The molecule has 2 aromatic rings. The molecule has 102 valence electrons. The lowest BCUT2D eigenvalue weighted by Crippen LogP contribution is -2.18. The van der Waals surface area contributed by atoms with E-state index in [1.807, 2.05) is 6.92 Å². The molecule has 7 nitrogen and oxygen atoms in total. The van der Waals surface area contributed by atoms with Gasteiger partial charge in [-0.25, -0.2) is 18.1 Å². The molecule has 2 heterocycles. The first-order valence-electron chi connectivity index (χ1n) is 5.57. The molecular weight excluding hydrogens is 286 g/mol. The van der Waals surface area contributed by atoms with Crippen LogP contribution in [0.2, 0.25) is 0 Å². The summed E-state index contributed by atoms with van der Waals surface area (Å²) in [6.07, 6.45) is 2.75. The fraction of sp³-hybridized carbons (Fsp3) is 0.300.